The third-order valence-corrected chi connectivity index (χ3v) is 4.08. The predicted octanol–water partition coefficient (Wildman–Crippen LogP) is 2.01. The van der Waals surface area contributed by atoms with Crippen molar-refractivity contribution in [1.29, 1.82) is 0 Å². The molecule has 4 nitrogen and oxygen atoms in total. The number of hydrogen-bond acceptors (Lipinski definition) is 1. The van der Waals surface area contributed by atoms with Crippen LogP contribution in [0.15, 0.2) is 29.3 Å². The number of para-hydroxylation sites is 1. The van der Waals surface area contributed by atoms with Crippen LogP contribution < -0.4 is 5.73 Å². The van der Waals surface area contributed by atoms with E-state index in [1.165, 1.54) is 28.6 Å². The first-order chi connectivity index (χ1) is 9.18. The highest BCUT2D eigenvalue weighted by Crippen LogP contribution is 2.24. The molecule has 1 aliphatic heterocycles. The normalized spacial score (nSPS) is 15.9. The Morgan fingerprint density at radius 2 is 2.05 bits per heavy atom. The zero-order chi connectivity index (χ0) is 13.4. The fourth-order valence-electron chi connectivity index (χ4n) is 2.66. The number of hydrogen-bond donors (Lipinski definition) is 1. The fourth-order valence-corrected chi connectivity index (χ4v) is 2.66. The summed E-state index contributed by atoms with van der Waals surface area (Å²) in [5.41, 5.74) is 9.79. The van der Waals surface area contributed by atoms with Gasteiger partial charge in [-0.3, -0.25) is 0 Å². The quantitative estimate of drug-likeness (QED) is 0.660. The van der Waals surface area contributed by atoms with E-state index in [1.54, 1.807) is 0 Å². The Morgan fingerprint density at radius 3 is 2.68 bits per heavy atom. The standard InChI is InChI=1S/C15H20N4/c1-11-12-6-3-4-7-13(12)18(2)14(11)10-17-15(16)19-8-5-9-19/h3-4,6-7H,5,8-10H2,1-2H3,(H2,16,17). The van der Waals surface area contributed by atoms with Crippen molar-refractivity contribution < 1.29 is 0 Å². The minimum absolute atomic E-state index is 0.652. The molecule has 0 amide bonds. The van der Waals surface area contributed by atoms with Crippen LogP contribution in [0.25, 0.3) is 10.9 Å². The second-order valence-electron chi connectivity index (χ2n) is 5.16. The highest BCUT2D eigenvalue weighted by molar-refractivity contribution is 5.85. The Morgan fingerprint density at radius 1 is 1.32 bits per heavy atom. The van der Waals surface area contributed by atoms with E-state index in [-0.39, 0.29) is 0 Å². The van der Waals surface area contributed by atoms with Crippen molar-refractivity contribution in [2.24, 2.45) is 17.8 Å². The Kier molecular flexibility index (Phi) is 2.93. The zero-order valence-electron chi connectivity index (χ0n) is 11.6. The number of likely N-dealkylation sites (tertiary alicyclic amines) is 1. The summed E-state index contributed by atoms with van der Waals surface area (Å²) in [6.45, 7) is 4.90. The van der Waals surface area contributed by atoms with Gasteiger partial charge >= 0.3 is 0 Å². The largest absolute Gasteiger partial charge is 0.370 e. The van der Waals surface area contributed by atoms with Crippen molar-refractivity contribution in [2.45, 2.75) is 19.9 Å². The molecule has 0 radical (unpaired) electrons. The lowest BCUT2D eigenvalue weighted by Gasteiger charge is -2.31. The first kappa shape index (κ1) is 12.1. The number of benzene rings is 1. The van der Waals surface area contributed by atoms with Crippen LogP contribution in [-0.2, 0) is 13.6 Å². The van der Waals surface area contributed by atoms with E-state index in [2.05, 4.69) is 52.7 Å². The molecular formula is C15H20N4. The molecule has 4 heteroatoms. The summed E-state index contributed by atoms with van der Waals surface area (Å²) in [7, 11) is 2.10. The molecule has 1 fully saturated rings. The lowest BCUT2D eigenvalue weighted by Crippen LogP contribution is -2.46. The summed E-state index contributed by atoms with van der Waals surface area (Å²) >= 11 is 0. The monoisotopic (exact) mass is 256 g/mol. The van der Waals surface area contributed by atoms with Crippen molar-refractivity contribution in [3.63, 3.8) is 0 Å². The topological polar surface area (TPSA) is 46.5 Å². The van der Waals surface area contributed by atoms with E-state index in [4.69, 9.17) is 5.73 Å². The molecule has 3 rings (SSSR count). The van der Waals surface area contributed by atoms with Gasteiger partial charge < -0.3 is 15.2 Å². The molecule has 2 heterocycles. The van der Waals surface area contributed by atoms with Gasteiger partial charge in [0.1, 0.15) is 0 Å². The summed E-state index contributed by atoms with van der Waals surface area (Å²) in [4.78, 5) is 6.66. The van der Waals surface area contributed by atoms with Crippen LogP contribution >= 0.6 is 0 Å². The molecule has 19 heavy (non-hydrogen) atoms. The van der Waals surface area contributed by atoms with Crippen LogP contribution in [0.5, 0.6) is 0 Å². The second-order valence-corrected chi connectivity index (χ2v) is 5.16. The number of guanidine groups is 1. The molecule has 2 N–H and O–H groups in total. The molecule has 0 bridgehead atoms. The maximum absolute atomic E-state index is 5.99. The lowest BCUT2D eigenvalue weighted by atomic mass is 10.1. The molecule has 1 aliphatic rings. The molecule has 100 valence electrons. The van der Waals surface area contributed by atoms with Crippen LogP contribution in [0.1, 0.15) is 17.7 Å². The molecule has 1 aromatic carbocycles. The third kappa shape index (κ3) is 1.97. The summed E-state index contributed by atoms with van der Waals surface area (Å²) in [5.74, 6) is 0.677. The van der Waals surface area contributed by atoms with Crippen LogP contribution in [0.4, 0.5) is 0 Å². The Hall–Kier alpha value is -1.97. The van der Waals surface area contributed by atoms with Gasteiger partial charge in [0.05, 0.1) is 6.54 Å². The van der Waals surface area contributed by atoms with E-state index < -0.39 is 0 Å². The van der Waals surface area contributed by atoms with Gasteiger partial charge in [-0.05, 0) is 25.0 Å². The van der Waals surface area contributed by atoms with Crippen LogP contribution in [0.3, 0.4) is 0 Å². The number of nitrogens with two attached hydrogens (primary N) is 1. The molecule has 0 unspecified atom stereocenters. The maximum Gasteiger partial charge on any atom is 0.191 e. The van der Waals surface area contributed by atoms with E-state index in [0.717, 1.165) is 13.1 Å². The Bertz CT molecular complexity index is 596. The number of fused-ring (bicyclic) bond motifs is 1. The number of aryl methyl sites for hydroxylation is 2. The van der Waals surface area contributed by atoms with Crippen LogP contribution in [0, 0.1) is 6.92 Å². The van der Waals surface area contributed by atoms with E-state index in [9.17, 15) is 0 Å². The average molecular weight is 256 g/mol. The lowest BCUT2D eigenvalue weighted by molar-refractivity contribution is 0.295. The summed E-state index contributed by atoms with van der Waals surface area (Å²) in [6.07, 6.45) is 1.23. The second kappa shape index (κ2) is 4.61. The molecule has 1 saturated heterocycles. The van der Waals surface area contributed by atoms with Gasteiger partial charge in [-0.2, -0.15) is 0 Å². The summed E-state index contributed by atoms with van der Waals surface area (Å²) in [5, 5.41) is 1.30. The molecule has 0 spiro atoms. The van der Waals surface area contributed by atoms with E-state index >= 15 is 0 Å². The van der Waals surface area contributed by atoms with Gasteiger partial charge in [-0.15, -0.1) is 0 Å². The highest BCUT2D eigenvalue weighted by Gasteiger charge is 2.16. The molecule has 0 saturated carbocycles. The van der Waals surface area contributed by atoms with Gasteiger partial charge in [0, 0.05) is 36.7 Å². The van der Waals surface area contributed by atoms with Gasteiger partial charge in [-0.1, -0.05) is 18.2 Å². The van der Waals surface area contributed by atoms with Gasteiger partial charge in [0.15, 0.2) is 5.96 Å². The average Bonchev–Trinajstić information content (AvgIpc) is 2.59. The highest BCUT2D eigenvalue weighted by atomic mass is 15.3. The van der Waals surface area contributed by atoms with Crippen molar-refractivity contribution in [3.8, 4) is 0 Å². The van der Waals surface area contributed by atoms with Crippen LogP contribution in [-0.4, -0.2) is 28.5 Å². The van der Waals surface area contributed by atoms with Gasteiger partial charge in [0.2, 0.25) is 0 Å². The molecule has 0 aliphatic carbocycles. The Labute approximate surface area is 113 Å². The summed E-state index contributed by atoms with van der Waals surface area (Å²) in [6, 6.07) is 8.46. The first-order valence-corrected chi connectivity index (χ1v) is 6.76. The first-order valence-electron chi connectivity index (χ1n) is 6.76. The fraction of sp³-hybridized carbons (Fsp3) is 0.400. The third-order valence-electron chi connectivity index (χ3n) is 4.08. The predicted molar refractivity (Wildman–Crippen MR) is 79.2 cm³/mol. The minimum Gasteiger partial charge on any atom is -0.370 e. The summed E-state index contributed by atoms with van der Waals surface area (Å²) < 4.78 is 2.22. The number of nitrogens with zero attached hydrogens (tertiary/aromatic N) is 3. The Balaban J connectivity index is 1.92. The smallest absolute Gasteiger partial charge is 0.191 e. The van der Waals surface area contributed by atoms with Gasteiger partial charge in [0.25, 0.3) is 0 Å². The van der Waals surface area contributed by atoms with Crippen molar-refractivity contribution in [1.82, 2.24) is 9.47 Å². The van der Waals surface area contributed by atoms with Crippen molar-refractivity contribution in [2.75, 3.05) is 13.1 Å². The number of aromatic nitrogens is 1. The van der Waals surface area contributed by atoms with Crippen LogP contribution in [0.2, 0.25) is 0 Å². The van der Waals surface area contributed by atoms with Crippen molar-refractivity contribution >= 4 is 16.9 Å². The molecule has 0 atom stereocenters. The zero-order valence-corrected chi connectivity index (χ0v) is 11.6. The van der Waals surface area contributed by atoms with Gasteiger partial charge in [-0.25, -0.2) is 4.99 Å². The number of aliphatic imine (C=N–C) groups is 1. The SMILES string of the molecule is Cc1c(CN=C(N)N2CCC2)n(C)c2ccccc12. The minimum atomic E-state index is 0.652. The van der Waals surface area contributed by atoms with E-state index in [0.29, 0.717) is 12.5 Å². The molecule has 2 aromatic rings. The van der Waals surface area contributed by atoms with Crippen molar-refractivity contribution in [3.05, 3.63) is 35.5 Å². The maximum atomic E-state index is 5.99. The molecule has 1 aromatic heterocycles. The molecular weight excluding hydrogens is 236 g/mol. The number of rotatable bonds is 2. The van der Waals surface area contributed by atoms with E-state index in [1.807, 2.05) is 0 Å².